The van der Waals surface area contributed by atoms with Gasteiger partial charge in [0.25, 0.3) is 0 Å². The van der Waals surface area contributed by atoms with Crippen LogP contribution in [-0.4, -0.2) is 18.2 Å². The largest absolute Gasteiger partial charge is 0.356 e. The quantitative estimate of drug-likeness (QED) is 0.738. The molecule has 0 atom stereocenters. The van der Waals surface area contributed by atoms with E-state index >= 15 is 0 Å². The van der Waals surface area contributed by atoms with Gasteiger partial charge < -0.3 is 5.32 Å². The summed E-state index contributed by atoms with van der Waals surface area (Å²) in [6.45, 7) is 0.538. The summed E-state index contributed by atoms with van der Waals surface area (Å²) in [4.78, 5) is 11.1. The molecule has 0 aliphatic heterocycles. The van der Waals surface area contributed by atoms with E-state index in [0.717, 1.165) is 5.56 Å². The van der Waals surface area contributed by atoms with Gasteiger partial charge >= 0.3 is 0 Å². The third-order valence-electron chi connectivity index (χ3n) is 1.96. The van der Waals surface area contributed by atoms with Crippen LogP contribution in [0.25, 0.3) is 0 Å². The summed E-state index contributed by atoms with van der Waals surface area (Å²) in [6.07, 6.45) is 1.07. The van der Waals surface area contributed by atoms with E-state index < -0.39 is 0 Å². The van der Waals surface area contributed by atoms with Gasteiger partial charge in [-0.05, 0) is 29.9 Å². The standard InChI is InChI=1S/C11H14FNOS/c12-10-3-1-2-9(8-10)4-6-13-11(14)5-7-15/h1-3,8,15H,4-7H2,(H,13,14). The average molecular weight is 227 g/mol. The number of hydrogen-bond donors (Lipinski definition) is 2. The van der Waals surface area contributed by atoms with Crippen molar-refractivity contribution >= 4 is 18.5 Å². The number of carbonyl (C=O) groups is 1. The molecule has 0 spiro atoms. The molecule has 0 aliphatic rings. The van der Waals surface area contributed by atoms with Gasteiger partial charge in [0, 0.05) is 13.0 Å². The first-order valence-electron chi connectivity index (χ1n) is 4.84. The van der Waals surface area contributed by atoms with Gasteiger partial charge in [-0.3, -0.25) is 4.79 Å². The fourth-order valence-electron chi connectivity index (χ4n) is 1.23. The number of benzene rings is 1. The maximum atomic E-state index is 12.8. The zero-order valence-electron chi connectivity index (χ0n) is 8.37. The van der Waals surface area contributed by atoms with Crippen molar-refractivity contribution < 1.29 is 9.18 Å². The lowest BCUT2D eigenvalue weighted by atomic mass is 10.1. The van der Waals surface area contributed by atoms with Gasteiger partial charge in [-0.25, -0.2) is 4.39 Å². The Kier molecular flexibility index (Phi) is 5.18. The van der Waals surface area contributed by atoms with Crippen LogP contribution in [0.4, 0.5) is 4.39 Å². The second kappa shape index (κ2) is 6.45. The summed E-state index contributed by atoms with van der Waals surface area (Å²) >= 11 is 3.95. The van der Waals surface area contributed by atoms with Crippen LogP contribution in [-0.2, 0) is 11.2 Å². The second-order valence-electron chi connectivity index (χ2n) is 3.20. The van der Waals surface area contributed by atoms with E-state index in [1.807, 2.05) is 6.07 Å². The van der Waals surface area contributed by atoms with Crippen LogP contribution < -0.4 is 5.32 Å². The number of nitrogens with one attached hydrogen (secondary N) is 1. The number of halogens is 1. The normalized spacial score (nSPS) is 10.0. The molecular formula is C11H14FNOS. The van der Waals surface area contributed by atoms with E-state index in [1.165, 1.54) is 12.1 Å². The Morgan fingerprint density at radius 2 is 2.27 bits per heavy atom. The molecule has 1 aromatic carbocycles. The Labute approximate surface area is 94.3 Å². The maximum absolute atomic E-state index is 12.8. The van der Waals surface area contributed by atoms with Gasteiger partial charge in [-0.15, -0.1) is 0 Å². The molecule has 1 N–H and O–H groups in total. The van der Waals surface area contributed by atoms with Gasteiger partial charge in [0.15, 0.2) is 0 Å². The molecule has 1 amide bonds. The minimum absolute atomic E-state index is 0.0126. The van der Waals surface area contributed by atoms with Crippen LogP contribution >= 0.6 is 12.6 Å². The van der Waals surface area contributed by atoms with E-state index in [0.29, 0.717) is 25.1 Å². The first kappa shape index (κ1) is 12.0. The van der Waals surface area contributed by atoms with Crippen LogP contribution in [0.1, 0.15) is 12.0 Å². The number of amides is 1. The lowest BCUT2D eigenvalue weighted by molar-refractivity contribution is -0.120. The Hall–Kier alpha value is -1.03. The minimum atomic E-state index is -0.241. The number of carbonyl (C=O) groups excluding carboxylic acids is 1. The Morgan fingerprint density at radius 3 is 2.93 bits per heavy atom. The van der Waals surface area contributed by atoms with E-state index in [9.17, 15) is 9.18 Å². The van der Waals surface area contributed by atoms with Crippen LogP contribution in [0, 0.1) is 5.82 Å². The van der Waals surface area contributed by atoms with E-state index in [-0.39, 0.29) is 11.7 Å². The van der Waals surface area contributed by atoms with E-state index in [4.69, 9.17) is 0 Å². The summed E-state index contributed by atoms with van der Waals surface area (Å²) in [5.74, 6) is 0.293. The first-order chi connectivity index (χ1) is 7.22. The van der Waals surface area contributed by atoms with Crippen LogP contribution in [0.15, 0.2) is 24.3 Å². The highest BCUT2D eigenvalue weighted by Crippen LogP contribution is 2.03. The molecule has 0 saturated carbocycles. The fourth-order valence-corrected chi connectivity index (χ4v) is 1.43. The lowest BCUT2D eigenvalue weighted by Crippen LogP contribution is -2.25. The predicted octanol–water partition coefficient (Wildman–Crippen LogP) is 1.80. The van der Waals surface area contributed by atoms with E-state index in [1.54, 1.807) is 6.07 Å². The van der Waals surface area contributed by atoms with Crippen molar-refractivity contribution in [1.29, 1.82) is 0 Å². The fraction of sp³-hybridized carbons (Fsp3) is 0.364. The molecule has 0 aromatic heterocycles. The van der Waals surface area contributed by atoms with Gasteiger partial charge in [0.1, 0.15) is 5.82 Å². The van der Waals surface area contributed by atoms with Crippen molar-refractivity contribution in [2.75, 3.05) is 12.3 Å². The Morgan fingerprint density at radius 1 is 1.47 bits per heavy atom. The maximum Gasteiger partial charge on any atom is 0.220 e. The second-order valence-corrected chi connectivity index (χ2v) is 3.65. The Balaban J connectivity index is 2.28. The van der Waals surface area contributed by atoms with Gasteiger partial charge in [0.2, 0.25) is 5.91 Å². The van der Waals surface area contributed by atoms with Gasteiger partial charge in [-0.2, -0.15) is 12.6 Å². The molecular weight excluding hydrogens is 213 g/mol. The third-order valence-corrected chi connectivity index (χ3v) is 2.19. The van der Waals surface area contributed by atoms with Gasteiger partial charge in [-0.1, -0.05) is 12.1 Å². The van der Waals surface area contributed by atoms with Gasteiger partial charge in [0.05, 0.1) is 0 Å². The average Bonchev–Trinajstić information content (AvgIpc) is 2.18. The molecule has 1 aromatic rings. The molecule has 0 saturated heterocycles. The van der Waals surface area contributed by atoms with Crippen molar-refractivity contribution in [3.05, 3.63) is 35.6 Å². The molecule has 0 aliphatic carbocycles. The topological polar surface area (TPSA) is 29.1 Å². The van der Waals surface area contributed by atoms with Crippen LogP contribution in [0.5, 0.6) is 0 Å². The zero-order chi connectivity index (χ0) is 11.1. The SMILES string of the molecule is O=C(CCS)NCCc1cccc(F)c1. The van der Waals surface area contributed by atoms with Crippen molar-refractivity contribution in [3.8, 4) is 0 Å². The highest BCUT2D eigenvalue weighted by molar-refractivity contribution is 7.80. The smallest absolute Gasteiger partial charge is 0.220 e. The lowest BCUT2D eigenvalue weighted by Gasteiger charge is -2.04. The molecule has 82 valence electrons. The van der Waals surface area contributed by atoms with Crippen molar-refractivity contribution in [2.45, 2.75) is 12.8 Å². The third kappa shape index (κ3) is 4.83. The highest BCUT2D eigenvalue weighted by Gasteiger charge is 1.99. The van der Waals surface area contributed by atoms with Crippen molar-refractivity contribution in [3.63, 3.8) is 0 Å². The summed E-state index contributed by atoms with van der Waals surface area (Å²) in [5, 5.41) is 2.74. The molecule has 1 rings (SSSR count). The van der Waals surface area contributed by atoms with Crippen molar-refractivity contribution in [2.24, 2.45) is 0 Å². The monoisotopic (exact) mass is 227 g/mol. The number of hydrogen-bond acceptors (Lipinski definition) is 2. The molecule has 0 unspecified atom stereocenters. The molecule has 2 nitrogen and oxygen atoms in total. The molecule has 4 heteroatoms. The Bertz CT molecular complexity index is 330. The zero-order valence-corrected chi connectivity index (χ0v) is 9.27. The summed E-state index contributed by atoms with van der Waals surface area (Å²) in [5.41, 5.74) is 0.890. The molecule has 0 fully saturated rings. The summed E-state index contributed by atoms with van der Waals surface area (Å²) < 4.78 is 12.8. The molecule has 0 radical (unpaired) electrons. The molecule has 0 heterocycles. The van der Waals surface area contributed by atoms with Crippen LogP contribution in [0.2, 0.25) is 0 Å². The summed E-state index contributed by atoms with van der Waals surface area (Å²) in [6, 6.07) is 6.39. The molecule has 0 bridgehead atoms. The predicted molar refractivity (Wildman–Crippen MR) is 61.6 cm³/mol. The first-order valence-corrected chi connectivity index (χ1v) is 5.47. The van der Waals surface area contributed by atoms with E-state index in [2.05, 4.69) is 17.9 Å². The minimum Gasteiger partial charge on any atom is -0.356 e. The number of thiol groups is 1. The van der Waals surface area contributed by atoms with Crippen LogP contribution in [0.3, 0.4) is 0 Å². The summed E-state index contributed by atoms with van der Waals surface area (Å²) in [7, 11) is 0. The van der Waals surface area contributed by atoms with Crippen molar-refractivity contribution in [1.82, 2.24) is 5.32 Å². The highest BCUT2D eigenvalue weighted by atomic mass is 32.1. The molecule has 15 heavy (non-hydrogen) atoms. The number of rotatable bonds is 5.